The molecule has 0 unspecified atom stereocenters. The normalized spacial score (nSPS) is 10.9. The number of aromatic carboxylic acids is 1. The first-order chi connectivity index (χ1) is 9.06. The third kappa shape index (κ3) is 2.36. The number of benzene rings is 1. The van der Waals surface area contributed by atoms with Crippen molar-refractivity contribution >= 4 is 5.97 Å². The Morgan fingerprint density at radius 2 is 2.05 bits per heavy atom. The molecule has 5 nitrogen and oxygen atoms in total. The van der Waals surface area contributed by atoms with Gasteiger partial charge in [-0.2, -0.15) is 0 Å². The predicted molar refractivity (Wildman–Crippen MR) is 71.8 cm³/mol. The van der Waals surface area contributed by atoms with Gasteiger partial charge in [0.25, 0.3) is 0 Å². The van der Waals surface area contributed by atoms with E-state index in [2.05, 4.69) is 24.2 Å². The molecule has 5 heteroatoms. The summed E-state index contributed by atoms with van der Waals surface area (Å²) in [5, 5.41) is 16.9. The van der Waals surface area contributed by atoms with Gasteiger partial charge < -0.3 is 5.11 Å². The van der Waals surface area contributed by atoms with E-state index in [4.69, 9.17) is 5.11 Å². The standard InChI is InChI=1S/C14H17N3O2/c1-4-11-13(14(18)19)15-16-17(11)12-8-6-5-7-10(12)9(2)3/h5-9H,4H2,1-3H3,(H,18,19). The van der Waals surface area contributed by atoms with E-state index in [9.17, 15) is 4.79 Å². The van der Waals surface area contributed by atoms with Gasteiger partial charge in [0.2, 0.25) is 0 Å². The van der Waals surface area contributed by atoms with Crippen molar-refractivity contribution in [1.29, 1.82) is 0 Å². The monoisotopic (exact) mass is 259 g/mol. The molecule has 0 fully saturated rings. The van der Waals surface area contributed by atoms with Gasteiger partial charge in [-0.25, -0.2) is 9.48 Å². The first kappa shape index (κ1) is 13.3. The average molecular weight is 259 g/mol. The maximum atomic E-state index is 11.1. The maximum Gasteiger partial charge on any atom is 0.358 e. The number of hydrogen-bond acceptors (Lipinski definition) is 3. The zero-order valence-electron chi connectivity index (χ0n) is 11.3. The van der Waals surface area contributed by atoms with Gasteiger partial charge in [-0.15, -0.1) is 5.10 Å². The minimum atomic E-state index is -1.04. The molecule has 1 N–H and O–H groups in total. The summed E-state index contributed by atoms with van der Waals surface area (Å²) in [6.07, 6.45) is 0.570. The van der Waals surface area contributed by atoms with Crippen LogP contribution in [0.3, 0.4) is 0 Å². The highest BCUT2D eigenvalue weighted by atomic mass is 16.4. The van der Waals surface area contributed by atoms with Crippen LogP contribution in [0.5, 0.6) is 0 Å². The van der Waals surface area contributed by atoms with Gasteiger partial charge in [0.1, 0.15) is 0 Å². The molecule has 0 atom stereocenters. The van der Waals surface area contributed by atoms with Crippen LogP contribution in [-0.4, -0.2) is 26.1 Å². The van der Waals surface area contributed by atoms with E-state index < -0.39 is 5.97 Å². The van der Waals surface area contributed by atoms with Crippen LogP contribution in [0.25, 0.3) is 5.69 Å². The highest BCUT2D eigenvalue weighted by Crippen LogP contribution is 2.24. The molecule has 0 amide bonds. The van der Waals surface area contributed by atoms with Crippen LogP contribution < -0.4 is 0 Å². The Labute approximate surface area is 111 Å². The Kier molecular flexibility index (Phi) is 3.64. The molecule has 0 bridgehead atoms. The Morgan fingerprint density at radius 1 is 1.37 bits per heavy atom. The number of carboxylic acids is 1. The number of nitrogens with zero attached hydrogens (tertiary/aromatic N) is 3. The minimum absolute atomic E-state index is 0.0288. The third-order valence-electron chi connectivity index (χ3n) is 3.09. The quantitative estimate of drug-likeness (QED) is 0.916. The summed E-state index contributed by atoms with van der Waals surface area (Å²) in [4.78, 5) is 11.1. The molecule has 2 aromatic rings. The fourth-order valence-electron chi connectivity index (χ4n) is 2.15. The molecule has 0 aliphatic carbocycles. The number of rotatable bonds is 4. The highest BCUT2D eigenvalue weighted by Gasteiger charge is 2.20. The van der Waals surface area contributed by atoms with E-state index >= 15 is 0 Å². The van der Waals surface area contributed by atoms with Crippen molar-refractivity contribution in [2.24, 2.45) is 0 Å². The van der Waals surface area contributed by atoms with E-state index in [1.807, 2.05) is 31.2 Å². The summed E-state index contributed by atoms with van der Waals surface area (Å²) in [7, 11) is 0. The predicted octanol–water partition coefficient (Wildman–Crippen LogP) is 2.65. The van der Waals surface area contributed by atoms with Gasteiger partial charge in [-0.3, -0.25) is 0 Å². The highest BCUT2D eigenvalue weighted by molar-refractivity contribution is 5.86. The van der Waals surface area contributed by atoms with Gasteiger partial charge in [-0.05, 0) is 24.0 Å². The summed E-state index contributed by atoms with van der Waals surface area (Å²) < 4.78 is 1.64. The Bertz CT molecular complexity index is 602. The van der Waals surface area contributed by atoms with Crippen LogP contribution in [0.4, 0.5) is 0 Å². The zero-order valence-corrected chi connectivity index (χ0v) is 11.3. The third-order valence-corrected chi connectivity index (χ3v) is 3.09. The number of para-hydroxylation sites is 1. The summed E-state index contributed by atoms with van der Waals surface area (Å²) in [6, 6.07) is 7.86. The van der Waals surface area contributed by atoms with Crippen LogP contribution in [0.15, 0.2) is 24.3 Å². The first-order valence-electron chi connectivity index (χ1n) is 6.33. The summed E-state index contributed by atoms with van der Waals surface area (Å²) in [5.74, 6) is -0.705. The zero-order chi connectivity index (χ0) is 14.0. The smallest absolute Gasteiger partial charge is 0.358 e. The van der Waals surface area contributed by atoms with Gasteiger partial charge in [0.15, 0.2) is 5.69 Å². The number of carboxylic acid groups (broad SMARTS) is 1. The molecule has 0 aliphatic heterocycles. The lowest BCUT2D eigenvalue weighted by molar-refractivity contribution is 0.0689. The van der Waals surface area contributed by atoms with Crippen molar-refractivity contribution in [2.75, 3.05) is 0 Å². The molecule has 1 aromatic heterocycles. The number of carbonyl (C=O) groups is 1. The van der Waals surface area contributed by atoms with Gasteiger partial charge in [0, 0.05) is 0 Å². The van der Waals surface area contributed by atoms with Crippen molar-refractivity contribution < 1.29 is 9.90 Å². The molecule has 0 saturated carbocycles. The molecule has 100 valence electrons. The largest absolute Gasteiger partial charge is 0.476 e. The molecule has 0 saturated heterocycles. The van der Waals surface area contributed by atoms with E-state index in [-0.39, 0.29) is 5.69 Å². The van der Waals surface area contributed by atoms with Crippen LogP contribution in [0, 0.1) is 0 Å². The summed E-state index contributed by atoms with van der Waals surface area (Å²) in [5.41, 5.74) is 2.68. The molecule has 0 spiro atoms. The van der Waals surface area contributed by atoms with Crippen LogP contribution in [0.1, 0.15) is 48.4 Å². The van der Waals surface area contributed by atoms with Crippen molar-refractivity contribution in [3.63, 3.8) is 0 Å². The Morgan fingerprint density at radius 3 is 2.63 bits per heavy atom. The average Bonchev–Trinajstić information content (AvgIpc) is 2.82. The second kappa shape index (κ2) is 5.22. The SMILES string of the molecule is CCc1c(C(=O)O)nnn1-c1ccccc1C(C)C. The number of aromatic nitrogens is 3. The van der Waals surface area contributed by atoms with Gasteiger partial charge >= 0.3 is 5.97 Å². The molecule has 0 radical (unpaired) electrons. The molecule has 2 rings (SSSR count). The van der Waals surface area contributed by atoms with E-state index in [1.54, 1.807) is 4.68 Å². The van der Waals surface area contributed by atoms with Crippen LogP contribution in [0.2, 0.25) is 0 Å². The molecule has 0 aliphatic rings. The second-order valence-electron chi connectivity index (χ2n) is 4.67. The molecule has 19 heavy (non-hydrogen) atoms. The molecule has 1 aromatic carbocycles. The maximum absolute atomic E-state index is 11.1. The fourth-order valence-corrected chi connectivity index (χ4v) is 2.15. The van der Waals surface area contributed by atoms with Crippen molar-refractivity contribution in [3.05, 3.63) is 41.2 Å². The molecular formula is C14H17N3O2. The van der Waals surface area contributed by atoms with Crippen molar-refractivity contribution in [1.82, 2.24) is 15.0 Å². The number of hydrogen-bond donors (Lipinski definition) is 1. The van der Waals surface area contributed by atoms with E-state index in [0.717, 1.165) is 11.3 Å². The molecule has 1 heterocycles. The van der Waals surface area contributed by atoms with E-state index in [1.165, 1.54) is 0 Å². The lowest BCUT2D eigenvalue weighted by atomic mass is 10.0. The lowest BCUT2D eigenvalue weighted by Gasteiger charge is -2.13. The van der Waals surface area contributed by atoms with Gasteiger partial charge in [0.05, 0.1) is 11.4 Å². The Balaban J connectivity index is 2.63. The Hall–Kier alpha value is -2.17. The van der Waals surface area contributed by atoms with E-state index in [0.29, 0.717) is 18.0 Å². The summed E-state index contributed by atoms with van der Waals surface area (Å²) >= 11 is 0. The van der Waals surface area contributed by atoms with Crippen LogP contribution in [-0.2, 0) is 6.42 Å². The van der Waals surface area contributed by atoms with Gasteiger partial charge in [-0.1, -0.05) is 44.2 Å². The fraction of sp³-hybridized carbons (Fsp3) is 0.357. The van der Waals surface area contributed by atoms with Crippen molar-refractivity contribution in [2.45, 2.75) is 33.1 Å². The minimum Gasteiger partial charge on any atom is -0.476 e. The second-order valence-corrected chi connectivity index (χ2v) is 4.67. The topological polar surface area (TPSA) is 68.0 Å². The molecular weight excluding hydrogens is 242 g/mol. The lowest BCUT2D eigenvalue weighted by Crippen LogP contribution is -2.08. The van der Waals surface area contributed by atoms with Crippen LogP contribution >= 0.6 is 0 Å². The first-order valence-corrected chi connectivity index (χ1v) is 6.33. The van der Waals surface area contributed by atoms with Crippen molar-refractivity contribution in [3.8, 4) is 5.69 Å². The summed E-state index contributed by atoms with van der Waals surface area (Å²) in [6.45, 7) is 6.10.